The highest BCUT2D eigenvalue weighted by molar-refractivity contribution is 7.26. The fourth-order valence-electron chi connectivity index (χ4n) is 15.0. The molecule has 0 radical (unpaired) electrons. The lowest BCUT2D eigenvalue weighted by Gasteiger charge is -2.26. The maximum Gasteiger partial charge on any atom is 0.235 e. The van der Waals surface area contributed by atoms with E-state index < -0.39 is 0 Å². The van der Waals surface area contributed by atoms with Crippen LogP contribution in [0.4, 0.5) is 17.1 Å². The normalized spacial score (nSPS) is 11.9. The minimum Gasteiger partial charge on any atom is -0.310 e. The lowest BCUT2D eigenvalue weighted by atomic mass is 9.98. The summed E-state index contributed by atoms with van der Waals surface area (Å²) in [6.45, 7) is 0. The standard InChI is InChI=1S/C45H26N4S.C45H28N2S/c1-2-12-27(13-3-1)43-33-18-6-9-19-37(33)47-45(48-43)49-39-20-10-7-15-30(39)35-24-28(22-23-40(35)49)44-32-17-5-4-14-29(32)34-25-36-31-16-8-11-21-41(31)50-42(36)26-38(34)46-44;1-3-11-32-25-35(23-17-29(32)9-1)47(36-24-18-30-10-2-4-12-33(30)26-36)34-21-19-31(20-22-34)45-39-15-6-5-13-37(39)40-27-41-38-14-7-8-16-43(38)48-44(41)28-42(40)46-45/h1-26H;1-28H. The van der Waals surface area contributed by atoms with Gasteiger partial charge in [-0.2, -0.15) is 0 Å². The van der Waals surface area contributed by atoms with Crippen LogP contribution in [0.2, 0.25) is 0 Å². The highest BCUT2D eigenvalue weighted by atomic mass is 32.1. The molecule has 0 atom stereocenters. The molecule has 0 unspecified atom stereocenters. The number of hydrogen-bond donors (Lipinski definition) is 0. The molecule has 6 nitrogen and oxygen atoms in total. The third kappa shape index (κ3) is 9.21. The zero-order chi connectivity index (χ0) is 64.4. The summed E-state index contributed by atoms with van der Waals surface area (Å²) in [7, 11) is 0. The van der Waals surface area contributed by atoms with Gasteiger partial charge in [-0.05, 0) is 129 Å². The molecule has 0 spiro atoms. The van der Waals surface area contributed by atoms with Gasteiger partial charge in [0.2, 0.25) is 5.95 Å². The van der Waals surface area contributed by atoms with Crippen molar-refractivity contribution >= 4 is 178 Å². The van der Waals surface area contributed by atoms with E-state index >= 15 is 0 Å². The first-order chi connectivity index (χ1) is 48.5. The van der Waals surface area contributed by atoms with Gasteiger partial charge in [0, 0.05) is 112 Å². The van der Waals surface area contributed by atoms with Gasteiger partial charge in [-0.3, -0.25) is 4.57 Å². The van der Waals surface area contributed by atoms with Crippen molar-refractivity contribution in [2.45, 2.75) is 0 Å². The smallest absolute Gasteiger partial charge is 0.235 e. The van der Waals surface area contributed by atoms with Crippen molar-refractivity contribution in [1.82, 2.24) is 24.5 Å². The molecule has 0 saturated carbocycles. The highest BCUT2D eigenvalue weighted by Gasteiger charge is 2.22. The molecule has 0 aliphatic heterocycles. The number of aromatic nitrogens is 5. The highest BCUT2D eigenvalue weighted by Crippen LogP contribution is 2.45. The number of thiophene rings is 2. The van der Waals surface area contributed by atoms with Gasteiger partial charge < -0.3 is 4.90 Å². The van der Waals surface area contributed by atoms with E-state index in [1.165, 1.54) is 83.4 Å². The number of anilines is 3. The second-order valence-electron chi connectivity index (χ2n) is 25.2. The van der Waals surface area contributed by atoms with Crippen LogP contribution < -0.4 is 4.90 Å². The second kappa shape index (κ2) is 22.6. The van der Waals surface area contributed by atoms with Crippen LogP contribution in [0.3, 0.4) is 0 Å². The topological polar surface area (TPSA) is 59.7 Å². The molecular formula is C90H54N6S2. The Morgan fingerprint density at radius 2 is 0.663 bits per heavy atom. The molecule has 21 aromatic rings. The minimum atomic E-state index is 0.656. The summed E-state index contributed by atoms with van der Waals surface area (Å²) in [4.78, 5) is 23.5. The van der Waals surface area contributed by atoms with Gasteiger partial charge in [-0.15, -0.1) is 22.7 Å². The third-order valence-electron chi connectivity index (χ3n) is 19.6. The monoisotopic (exact) mass is 1280 g/mol. The quantitative estimate of drug-likeness (QED) is 0.149. The van der Waals surface area contributed by atoms with E-state index in [1.54, 1.807) is 0 Å². The maximum absolute atomic E-state index is 5.40. The molecule has 98 heavy (non-hydrogen) atoms. The molecule has 0 N–H and O–H groups in total. The van der Waals surface area contributed by atoms with Gasteiger partial charge in [0.1, 0.15) is 0 Å². The first-order valence-corrected chi connectivity index (χ1v) is 34.7. The zero-order valence-corrected chi connectivity index (χ0v) is 54.3. The first-order valence-electron chi connectivity index (χ1n) is 33.1. The molecule has 8 heteroatoms. The van der Waals surface area contributed by atoms with Crippen molar-refractivity contribution in [3.8, 4) is 39.7 Å². The number of fused-ring (bicyclic) bond motifs is 18. The predicted octanol–water partition coefficient (Wildman–Crippen LogP) is 25.3. The largest absolute Gasteiger partial charge is 0.310 e. The fraction of sp³-hybridized carbons (Fsp3) is 0. The van der Waals surface area contributed by atoms with Crippen molar-refractivity contribution < 1.29 is 0 Å². The van der Waals surface area contributed by atoms with E-state index in [1.807, 2.05) is 34.8 Å². The maximum atomic E-state index is 5.40. The number of hydrogen-bond acceptors (Lipinski definition) is 7. The van der Waals surface area contributed by atoms with Crippen LogP contribution >= 0.6 is 22.7 Å². The molecule has 15 aromatic carbocycles. The number of rotatable bonds is 7. The van der Waals surface area contributed by atoms with Gasteiger partial charge in [0.15, 0.2) is 0 Å². The van der Waals surface area contributed by atoms with Crippen LogP contribution in [0.25, 0.3) is 178 Å². The number of nitrogens with zero attached hydrogens (tertiary/aromatic N) is 6. The molecule has 0 bridgehead atoms. The van der Waals surface area contributed by atoms with Gasteiger partial charge in [0.05, 0.1) is 44.7 Å². The van der Waals surface area contributed by atoms with E-state index in [9.17, 15) is 0 Å². The Morgan fingerprint density at radius 3 is 1.27 bits per heavy atom. The van der Waals surface area contributed by atoms with Crippen LogP contribution in [0.1, 0.15) is 0 Å². The van der Waals surface area contributed by atoms with Gasteiger partial charge in [-0.25, -0.2) is 19.9 Å². The van der Waals surface area contributed by atoms with Crippen molar-refractivity contribution in [3.63, 3.8) is 0 Å². The fourth-order valence-corrected chi connectivity index (χ4v) is 17.2. The Kier molecular flexibility index (Phi) is 12.9. The predicted molar refractivity (Wildman–Crippen MR) is 418 cm³/mol. The summed E-state index contributed by atoms with van der Waals surface area (Å²) in [5.41, 5.74) is 14.6. The molecular weight excluding hydrogens is 1230 g/mol. The lowest BCUT2D eigenvalue weighted by Crippen LogP contribution is -2.10. The van der Waals surface area contributed by atoms with Crippen LogP contribution in [0.15, 0.2) is 328 Å². The van der Waals surface area contributed by atoms with E-state index in [0.29, 0.717) is 5.95 Å². The molecule has 0 saturated heterocycles. The Balaban J connectivity index is 0.000000133. The Hall–Kier alpha value is -12.5. The van der Waals surface area contributed by atoms with Gasteiger partial charge in [-0.1, -0.05) is 231 Å². The van der Waals surface area contributed by atoms with E-state index in [2.05, 4.69) is 325 Å². The number of para-hydroxylation sites is 2. The number of pyridine rings is 2. The van der Waals surface area contributed by atoms with E-state index in [0.717, 1.165) is 105 Å². The van der Waals surface area contributed by atoms with Crippen molar-refractivity contribution in [1.29, 1.82) is 0 Å². The summed E-state index contributed by atoms with van der Waals surface area (Å²) in [6, 6.07) is 117. The van der Waals surface area contributed by atoms with Crippen LogP contribution in [0.5, 0.6) is 0 Å². The van der Waals surface area contributed by atoms with Gasteiger partial charge >= 0.3 is 0 Å². The zero-order valence-electron chi connectivity index (χ0n) is 52.7. The summed E-state index contributed by atoms with van der Waals surface area (Å²) < 4.78 is 7.35. The minimum absolute atomic E-state index is 0.656. The van der Waals surface area contributed by atoms with Crippen LogP contribution in [-0.4, -0.2) is 24.5 Å². The molecule has 0 amide bonds. The Bertz CT molecular complexity index is 6750. The van der Waals surface area contributed by atoms with Crippen molar-refractivity contribution in [2.24, 2.45) is 0 Å². The van der Waals surface area contributed by atoms with Crippen molar-refractivity contribution in [2.75, 3.05) is 4.90 Å². The lowest BCUT2D eigenvalue weighted by molar-refractivity contribution is 1.01. The summed E-state index contributed by atoms with van der Waals surface area (Å²) in [6.07, 6.45) is 0. The SMILES string of the molecule is c1ccc(-c2nc(-n3c4ccccc4c4cc(-c5nc6cc7sc8ccccc8c7cc6c6ccccc56)ccc43)nc3ccccc23)cc1.c1ccc2cc(N(c3ccc(-c4nc5cc6sc7ccccc7c6cc5c5ccccc45)cc3)c3ccc4ccccc4c3)ccc2c1. The molecule has 0 aliphatic rings. The van der Waals surface area contributed by atoms with E-state index in [4.69, 9.17) is 19.9 Å². The van der Waals surface area contributed by atoms with Gasteiger partial charge in [0.25, 0.3) is 0 Å². The summed E-state index contributed by atoms with van der Waals surface area (Å²) in [5.74, 6) is 0.656. The second-order valence-corrected chi connectivity index (χ2v) is 27.4. The summed E-state index contributed by atoms with van der Waals surface area (Å²) >= 11 is 3.67. The molecule has 6 heterocycles. The van der Waals surface area contributed by atoms with Crippen LogP contribution in [0, 0.1) is 0 Å². The van der Waals surface area contributed by atoms with Crippen molar-refractivity contribution in [3.05, 3.63) is 328 Å². The molecule has 456 valence electrons. The molecule has 6 aromatic heterocycles. The summed E-state index contributed by atoms with van der Waals surface area (Å²) in [5, 5.41) is 20.6. The number of benzene rings is 15. The Morgan fingerprint density at radius 1 is 0.224 bits per heavy atom. The average Bonchev–Trinajstić information content (AvgIpc) is 1.24. The first kappa shape index (κ1) is 55.9. The molecule has 21 rings (SSSR count). The average molecular weight is 1280 g/mol. The third-order valence-corrected chi connectivity index (χ3v) is 21.8. The molecule has 0 fully saturated rings. The van der Waals surface area contributed by atoms with E-state index in [-0.39, 0.29) is 0 Å². The van der Waals surface area contributed by atoms with Crippen LogP contribution in [-0.2, 0) is 0 Å². The Labute approximate surface area is 570 Å². The molecule has 0 aliphatic carbocycles.